The molecule has 0 spiro atoms. The van der Waals surface area contributed by atoms with Gasteiger partial charge in [0.15, 0.2) is 0 Å². The van der Waals surface area contributed by atoms with Gasteiger partial charge in [-0.1, -0.05) is 39.0 Å². The molecule has 0 fully saturated rings. The quantitative estimate of drug-likeness (QED) is 0.767. The van der Waals surface area contributed by atoms with Crippen LogP contribution in [-0.2, 0) is 11.2 Å². The van der Waals surface area contributed by atoms with Crippen LogP contribution in [0.5, 0.6) is 5.75 Å². The first-order valence-corrected chi connectivity index (χ1v) is 10.5. The molecule has 0 radical (unpaired) electrons. The predicted molar refractivity (Wildman–Crippen MR) is 115 cm³/mol. The molecule has 158 valence electrons. The number of aliphatic carboxylic acids is 1. The predicted octanol–water partition coefficient (Wildman–Crippen LogP) is 4.87. The number of hydrogen-bond donors (Lipinski definition) is 1. The molecule has 0 saturated carbocycles. The SMILES string of the molecule is CC.CC1C=C(COc2ccc3c(c2)CCN(C(C)(C)C(=O)O)C3=O)C=CCC1. The highest BCUT2D eigenvalue weighted by Crippen LogP contribution is 2.28. The van der Waals surface area contributed by atoms with Gasteiger partial charge in [0.2, 0.25) is 0 Å². The van der Waals surface area contributed by atoms with Crippen molar-refractivity contribution in [2.45, 2.75) is 59.4 Å². The van der Waals surface area contributed by atoms with Crippen LogP contribution in [-0.4, -0.2) is 40.6 Å². The van der Waals surface area contributed by atoms with E-state index < -0.39 is 11.5 Å². The summed E-state index contributed by atoms with van der Waals surface area (Å²) in [5.41, 5.74) is 1.42. The van der Waals surface area contributed by atoms with Crippen molar-refractivity contribution >= 4 is 11.9 Å². The summed E-state index contributed by atoms with van der Waals surface area (Å²) in [6.45, 7) is 10.2. The van der Waals surface area contributed by atoms with Crippen LogP contribution in [0, 0.1) is 5.92 Å². The second kappa shape index (κ2) is 9.77. The standard InChI is InChI=1S/C22H27NO4.C2H6/c1-15-6-4-5-7-16(12-15)14-27-18-8-9-19-17(13-18)10-11-23(20(19)24)22(2,3)21(25)26;1-2/h5,7-9,12-13,15H,4,6,10-11,14H2,1-3H3,(H,25,26);1-2H3. The number of ether oxygens (including phenoxy) is 1. The number of rotatable bonds is 5. The average Bonchev–Trinajstić information content (AvgIpc) is 2.91. The number of amides is 1. The number of allylic oxidation sites excluding steroid dienone is 2. The summed E-state index contributed by atoms with van der Waals surface area (Å²) < 4.78 is 5.94. The highest BCUT2D eigenvalue weighted by atomic mass is 16.5. The third-order valence-corrected chi connectivity index (χ3v) is 5.38. The lowest BCUT2D eigenvalue weighted by molar-refractivity contribution is -0.147. The topological polar surface area (TPSA) is 66.8 Å². The summed E-state index contributed by atoms with van der Waals surface area (Å²) in [7, 11) is 0. The molecule has 5 heteroatoms. The van der Waals surface area contributed by atoms with Crippen molar-refractivity contribution in [3.63, 3.8) is 0 Å². The Hall–Kier alpha value is -2.56. The van der Waals surface area contributed by atoms with Gasteiger partial charge in [-0.15, -0.1) is 0 Å². The van der Waals surface area contributed by atoms with Gasteiger partial charge in [-0.05, 0) is 68.4 Å². The van der Waals surface area contributed by atoms with E-state index in [2.05, 4.69) is 25.2 Å². The van der Waals surface area contributed by atoms with Crippen LogP contribution >= 0.6 is 0 Å². The molecule has 2 aliphatic rings. The molecule has 0 aromatic heterocycles. The fraction of sp³-hybridized carbons (Fsp3) is 0.500. The highest BCUT2D eigenvalue weighted by molar-refractivity contribution is 6.00. The number of benzene rings is 1. The smallest absolute Gasteiger partial charge is 0.329 e. The summed E-state index contributed by atoms with van der Waals surface area (Å²) in [4.78, 5) is 25.7. The average molecular weight is 400 g/mol. The van der Waals surface area contributed by atoms with Gasteiger partial charge in [0.25, 0.3) is 5.91 Å². The first-order valence-electron chi connectivity index (χ1n) is 10.5. The van der Waals surface area contributed by atoms with Crippen LogP contribution in [0.25, 0.3) is 0 Å². The van der Waals surface area contributed by atoms with Crippen LogP contribution in [0.2, 0.25) is 0 Å². The van der Waals surface area contributed by atoms with Gasteiger partial charge in [-0.25, -0.2) is 4.79 Å². The maximum atomic E-state index is 12.8. The van der Waals surface area contributed by atoms with E-state index in [9.17, 15) is 14.7 Å². The molecule has 3 rings (SSSR count). The van der Waals surface area contributed by atoms with Crippen molar-refractivity contribution in [3.05, 3.63) is 53.1 Å². The summed E-state index contributed by atoms with van der Waals surface area (Å²) in [6.07, 6.45) is 9.42. The minimum atomic E-state index is -1.22. The second-order valence-electron chi connectivity index (χ2n) is 7.88. The molecular weight excluding hydrogens is 366 g/mol. The zero-order valence-electron chi connectivity index (χ0n) is 18.2. The molecule has 1 N–H and O–H groups in total. The molecule has 1 atom stereocenters. The van der Waals surface area contributed by atoms with E-state index in [0.29, 0.717) is 31.1 Å². The first kappa shape index (κ1) is 22.7. The maximum absolute atomic E-state index is 12.8. The fourth-order valence-electron chi connectivity index (χ4n) is 3.56. The number of nitrogens with zero attached hydrogens (tertiary/aromatic N) is 1. The summed E-state index contributed by atoms with van der Waals surface area (Å²) in [5.74, 6) is 0.0404. The van der Waals surface area contributed by atoms with E-state index in [1.165, 1.54) is 10.5 Å². The van der Waals surface area contributed by atoms with Gasteiger partial charge in [0.1, 0.15) is 17.9 Å². The molecule has 1 unspecified atom stereocenters. The van der Waals surface area contributed by atoms with Crippen LogP contribution in [0.1, 0.15) is 63.4 Å². The van der Waals surface area contributed by atoms with Crippen LogP contribution < -0.4 is 4.74 Å². The molecule has 5 nitrogen and oxygen atoms in total. The van der Waals surface area contributed by atoms with Gasteiger partial charge >= 0.3 is 5.97 Å². The van der Waals surface area contributed by atoms with Crippen molar-refractivity contribution in [2.75, 3.05) is 13.2 Å². The Balaban J connectivity index is 0.00000145. The van der Waals surface area contributed by atoms with Gasteiger partial charge in [-0.3, -0.25) is 4.79 Å². The minimum absolute atomic E-state index is 0.238. The first-order chi connectivity index (χ1) is 13.8. The van der Waals surface area contributed by atoms with Crippen molar-refractivity contribution < 1.29 is 19.4 Å². The summed E-state index contributed by atoms with van der Waals surface area (Å²) in [6, 6.07) is 5.44. The van der Waals surface area contributed by atoms with Crippen molar-refractivity contribution in [1.29, 1.82) is 0 Å². The van der Waals surface area contributed by atoms with E-state index in [4.69, 9.17) is 4.74 Å². The summed E-state index contributed by atoms with van der Waals surface area (Å²) >= 11 is 0. The van der Waals surface area contributed by atoms with Gasteiger partial charge in [0.05, 0.1) is 0 Å². The molecule has 1 amide bonds. The van der Waals surface area contributed by atoms with Crippen molar-refractivity contribution in [2.24, 2.45) is 5.92 Å². The highest BCUT2D eigenvalue weighted by Gasteiger charge is 2.40. The van der Waals surface area contributed by atoms with Crippen molar-refractivity contribution in [3.8, 4) is 5.75 Å². The molecule has 1 aliphatic heterocycles. The maximum Gasteiger partial charge on any atom is 0.329 e. The Morgan fingerprint density at radius 3 is 2.72 bits per heavy atom. The Morgan fingerprint density at radius 1 is 1.31 bits per heavy atom. The Kier molecular flexibility index (Phi) is 7.66. The fourth-order valence-corrected chi connectivity index (χ4v) is 3.56. The van der Waals surface area contributed by atoms with Crippen LogP contribution in [0.3, 0.4) is 0 Å². The van der Waals surface area contributed by atoms with Gasteiger partial charge in [0, 0.05) is 12.1 Å². The molecule has 1 aromatic carbocycles. The molecule has 1 aliphatic carbocycles. The third kappa shape index (κ3) is 5.28. The number of carbonyl (C=O) groups excluding carboxylic acids is 1. The number of hydrogen-bond acceptors (Lipinski definition) is 3. The number of fused-ring (bicyclic) bond motifs is 1. The number of carboxylic acid groups (broad SMARTS) is 1. The lowest BCUT2D eigenvalue weighted by Crippen LogP contribution is -2.55. The monoisotopic (exact) mass is 399 g/mol. The lowest BCUT2D eigenvalue weighted by atomic mass is 9.93. The molecular formula is C24H33NO4. The molecule has 0 saturated heterocycles. The third-order valence-electron chi connectivity index (χ3n) is 5.38. The van der Waals surface area contributed by atoms with Crippen molar-refractivity contribution in [1.82, 2.24) is 4.90 Å². The van der Waals surface area contributed by atoms with Crippen LogP contribution in [0.4, 0.5) is 0 Å². The van der Waals surface area contributed by atoms with E-state index in [1.54, 1.807) is 26.0 Å². The molecule has 0 bridgehead atoms. The van der Waals surface area contributed by atoms with E-state index in [1.807, 2.05) is 19.9 Å². The van der Waals surface area contributed by atoms with Crippen LogP contribution in [0.15, 0.2) is 42.0 Å². The molecule has 1 heterocycles. The lowest BCUT2D eigenvalue weighted by Gasteiger charge is -2.38. The summed E-state index contributed by atoms with van der Waals surface area (Å²) in [5, 5.41) is 9.41. The van der Waals surface area contributed by atoms with Gasteiger partial charge < -0.3 is 14.7 Å². The second-order valence-corrected chi connectivity index (χ2v) is 7.88. The zero-order valence-corrected chi connectivity index (χ0v) is 18.2. The molecule has 1 aromatic rings. The Morgan fingerprint density at radius 2 is 2.03 bits per heavy atom. The van der Waals surface area contributed by atoms with E-state index >= 15 is 0 Å². The van der Waals surface area contributed by atoms with E-state index in [-0.39, 0.29) is 5.91 Å². The minimum Gasteiger partial charge on any atom is -0.489 e. The van der Waals surface area contributed by atoms with E-state index in [0.717, 1.165) is 24.2 Å². The largest absolute Gasteiger partial charge is 0.489 e. The number of carboxylic acids is 1. The van der Waals surface area contributed by atoms with Gasteiger partial charge in [-0.2, -0.15) is 0 Å². The Labute approximate surface area is 174 Å². The normalized spacial score (nSPS) is 18.8. The number of carbonyl (C=O) groups is 2. The Bertz CT molecular complexity index is 807. The zero-order chi connectivity index (χ0) is 21.6. The molecule has 29 heavy (non-hydrogen) atoms.